The van der Waals surface area contributed by atoms with E-state index in [4.69, 9.17) is 4.74 Å². The summed E-state index contributed by atoms with van der Waals surface area (Å²) in [6, 6.07) is 0.687. The zero-order chi connectivity index (χ0) is 12.7. The van der Waals surface area contributed by atoms with E-state index in [1.807, 2.05) is 0 Å². The second-order valence-corrected chi connectivity index (χ2v) is 5.23. The van der Waals surface area contributed by atoms with Crippen molar-refractivity contribution in [3.63, 3.8) is 0 Å². The number of hydrogen-bond donors (Lipinski definition) is 0. The van der Waals surface area contributed by atoms with Gasteiger partial charge in [-0.3, -0.25) is 0 Å². The lowest BCUT2D eigenvalue weighted by atomic mass is 10.1. The van der Waals surface area contributed by atoms with E-state index >= 15 is 0 Å². The zero-order valence-electron chi connectivity index (χ0n) is 12.1. The molecule has 0 amide bonds. The van der Waals surface area contributed by atoms with Crippen molar-refractivity contribution in [1.29, 1.82) is 0 Å². The molecule has 0 N–H and O–H groups in total. The zero-order valence-corrected chi connectivity index (χ0v) is 12.1. The monoisotopic (exact) mass is 242 g/mol. The first-order chi connectivity index (χ1) is 8.17. The highest BCUT2D eigenvalue weighted by atomic mass is 16.5. The molecule has 0 aromatic rings. The van der Waals surface area contributed by atoms with Crippen LogP contribution < -0.4 is 0 Å². The third kappa shape index (κ3) is 5.36. The predicted octanol–water partition coefficient (Wildman–Crippen LogP) is 2.22. The lowest BCUT2D eigenvalue weighted by Gasteiger charge is -2.34. The summed E-state index contributed by atoms with van der Waals surface area (Å²) >= 11 is 0. The van der Waals surface area contributed by atoms with Crippen LogP contribution in [0.25, 0.3) is 0 Å². The molecule has 102 valence electrons. The highest BCUT2D eigenvalue weighted by Gasteiger charge is 2.20. The summed E-state index contributed by atoms with van der Waals surface area (Å²) in [6.07, 6.45) is 2.91. The summed E-state index contributed by atoms with van der Waals surface area (Å²) in [5.41, 5.74) is 0. The van der Waals surface area contributed by atoms with Crippen LogP contribution in [0.4, 0.5) is 0 Å². The van der Waals surface area contributed by atoms with Crippen LogP contribution in [-0.4, -0.2) is 61.3 Å². The number of hydrogen-bond acceptors (Lipinski definition) is 3. The lowest BCUT2D eigenvalue weighted by molar-refractivity contribution is -0.00615. The molecular weight excluding hydrogens is 212 g/mol. The minimum atomic E-state index is 0.501. The van der Waals surface area contributed by atoms with Gasteiger partial charge in [-0.25, -0.2) is 0 Å². The van der Waals surface area contributed by atoms with Gasteiger partial charge in [0.05, 0.1) is 12.7 Å². The van der Waals surface area contributed by atoms with Crippen LogP contribution in [-0.2, 0) is 4.74 Å². The molecule has 0 saturated carbocycles. The Kier molecular flexibility index (Phi) is 7.09. The van der Waals surface area contributed by atoms with E-state index in [0.717, 1.165) is 26.2 Å². The van der Waals surface area contributed by atoms with Crippen molar-refractivity contribution in [2.75, 3.05) is 39.3 Å². The molecule has 0 radical (unpaired) electrons. The van der Waals surface area contributed by atoms with Gasteiger partial charge in [-0.1, -0.05) is 13.8 Å². The van der Waals surface area contributed by atoms with E-state index < -0.39 is 0 Å². The van der Waals surface area contributed by atoms with Crippen molar-refractivity contribution in [3.8, 4) is 0 Å². The van der Waals surface area contributed by atoms with Crippen molar-refractivity contribution >= 4 is 0 Å². The highest BCUT2D eigenvalue weighted by Crippen LogP contribution is 2.15. The van der Waals surface area contributed by atoms with Crippen molar-refractivity contribution in [3.05, 3.63) is 0 Å². The second kappa shape index (κ2) is 8.06. The van der Waals surface area contributed by atoms with Gasteiger partial charge in [0, 0.05) is 25.7 Å². The molecule has 0 unspecified atom stereocenters. The summed E-state index contributed by atoms with van der Waals surface area (Å²) in [5.74, 6) is 0. The maximum atomic E-state index is 5.98. The molecule has 1 rings (SSSR count). The van der Waals surface area contributed by atoms with Gasteiger partial charge >= 0.3 is 0 Å². The van der Waals surface area contributed by atoms with Crippen LogP contribution >= 0.6 is 0 Å². The molecular formula is C14H30N2O. The summed E-state index contributed by atoms with van der Waals surface area (Å²) in [5, 5.41) is 0. The Morgan fingerprint density at radius 2 is 1.76 bits per heavy atom. The molecule has 0 bridgehead atoms. The Hall–Kier alpha value is -0.120. The smallest absolute Gasteiger partial charge is 0.0600 e. The van der Waals surface area contributed by atoms with E-state index in [9.17, 15) is 0 Å². The Balaban J connectivity index is 2.10. The van der Waals surface area contributed by atoms with Gasteiger partial charge in [-0.15, -0.1) is 0 Å². The van der Waals surface area contributed by atoms with Gasteiger partial charge in [-0.2, -0.15) is 0 Å². The van der Waals surface area contributed by atoms with Crippen molar-refractivity contribution in [2.24, 2.45) is 0 Å². The van der Waals surface area contributed by atoms with E-state index in [0.29, 0.717) is 12.1 Å². The van der Waals surface area contributed by atoms with Crippen LogP contribution in [0, 0.1) is 0 Å². The molecule has 17 heavy (non-hydrogen) atoms. The first kappa shape index (κ1) is 14.9. The molecule has 0 aromatic carbocycles. The summed E-state index contributed by atoms with van der Waals surface area (Å²) in [6.45, 7) is 15.6. The van der Waals surface area contributed by atoms with Gasteiger partial charge in [0.15, 0.2) is 0 Å². The van der Waals surface area contributed by atoms with Gasteiger partial charge in [-0.05, 0) is 39.8 Å². The summed E-state index contributed by atoms with van der Waals surface area (Å²) < 4.78 is 5.98. The first-order valence-electron chi connectivity index (χ1n) is 7.25. The van der Waals surface area contributed by atoms with Crippen molar-refractivity contribution in [1.82, 2.24) is 9.80 Å². The minimum absolute atomic E-state index is 0.501. The standard InChI is InChI=1S/C14H30N2O/c1-5-15(6-2)11-12-17-14-7-9-16(10-8-14)13(3)4/h13-14H,5-12H2,1-4H3. The van der Waals surface area contributed by atoms with Gasteiger partial charge in [0.1, 0.15) is 0 Å². The van der Waals surface area contributed by atoms with Gasteiger partial charge in [0.2, 0.25) is 0 Å². The second-order valence-electron chi connectivity index (χ2n) is 5.23. The molecule has 1 aliphatic heterocycles. The van der Waals surface area contributed by atoms with Crippen molar-refractivity contribution < 1.29 is 4.74 Å². The number of likely N-dealkylation sites (N-methyl/N-ethyl adjacent to an activating group) is 1. The molecule has 0 spiro atoms. The third-order valence-corrected chi connectivity index (χ3v) is 3.86. The van der Waals surface area contributed by atoms with E-state index in [1.165, 1.54) is 25.9 Å². The fourth-order valence-corrected chi connectivity index (χ4v) is 2.45. The summed E-state index contributed by atoms with van der Waals surface area (Å²) in [7, 11) is 0. The molecule has 0 aliphatic carbocycles. The van der Waals surface area contributed by atoms with Crippen LogP contribution in [0.1, 0.15) is 40.5 Å². The number of likely N-dealkylation sites (tertiary alicyclic amines) is 1. The number of rotatable bonds is 7. The number of nitrogens with zero attached hydrogens (tertiary/aromatic N) is 2. The van der Waals surface area contributed by atoms with Crippen LogP contribution in [0.15, 0.2) is 0 Å². The normalized spacial score (nSPS) is 19.4. The van der Waals surface area contributed by atoms with E-state index in [-0.39, 0.29) is 0 Å². The molecule has 0 atom stereocenters. The first-order valence-corrected chi connectivity index (χ1v) is 7.25. The van der Waals surface area contributed by atoms with Crippen LogP contribution in [0.2, 0.25) is 0 Å². The van der Waals surface area contributed by atoms with Crippen molar-refractivity contribution in [2.45, 2.75) is 52.7 Å². The molecule has 1 fully saturated rings. The SMILES string of the molecule is CCN(CC)CCOC1CCN(C(C)C)CC1. The third-order valence-electron chi connectivity index (χ3n) is 3.86. The number of ether oxygens (including phenoxy) is 1. The quantitative estimate of drug-likeness (QED) is 0.681. The molecule has 3 nitrogen and oxygen atoms in total. The Morgan fingerprint density at radius 3 is 2.24 bits per heavy atom. The molecule has 1 heterocycles. The van der Waals surface area contributed by atoms with E-state index in [1.54, 1.807) is 0 Å². The Labute approximate surface area is 107 Å². The Bertz CT molecular complexity index is 185. The van der Waals surface area contributed by atoms with E-state index in [2.05, 4.69) is 37.5 Å². The summed E-state index contributed by atoms with van der Waals surface area (Å²) in [4.78, 5) is 4.97. The van der Waals surface area contributed by atoms with Gasteiger partial charge < -0.3 is 14.5 Å². The topological polar surface area (TPSA) is 15.7 Å². The number of piperidine rings is 1. The fourth-order valence-electron chi connectivity index (χ4n) is 2.45. The largest absolute Gasteiger partial charge is 0.377 e. The maximum Gasteiger partial charge on any atom is 0.0600 e. The Morgan fingerprint density at radius 1 is 1.18 bits per heavy atom. The van der Waals surface area contributed by atoms with Crippen LogP contribution in [0.3, 0.4) is 0 Å². The predicted molar refractivity (Wildman–Crippen MR) is 73.5 cm³/mol. The van der Waals surface area contributed by atoms with Crippen LogP contribution in [0.5, 0.6) is 0 Å². The molecule has 3 heteroatoms. The minimum Gasteiger partial charge on any atom is -0.377 e. The fraction of sp³-hybridized carbons (Fsp3) is 1.00. The molecule has 0 aromatic heterocycles. The lowest BCUT2D eigenvalue weighted by Crippen LogP contribution is -2.41. The average molecular weight is 242 g/mol. The maximum absolute atomic E-state index is 5.98. The molecule has 1 saturated heterocycles. The van der Waals surface area contributed by atoms with Gasteiger partial charge in [0.25, 0.3) is 0 Å². The molecule has 1 aliphatic rings. The average Bonchev–Trinajstić information content (AvgIpc) is 2.35. The highest BCUT2D eigenvalue weighted by molar-refractivity contribution is 4.74.